The number of thioether (sulfide) groups is 1. The highest BCUT2D eigenvalue weighted by atomic mass is 32.2. The monoisotopic (exact) mass is 322 g/mol. The van der Waals surface area contributed by atoms with Gasteiger partial charge in [0.1, 0.15) is 12.3 Å². The van der Waals surface area contributed by atoms with Gasteiger partial charge in [-0.2, -0.15) is 0 Å². The maximum Gasteiger partial charge on any atom is 0.244 e. The summed E-state index contributed by atoms with van der Waals surface area (Å²) in [5.41, 5.74) is 0.582. The van der Waals surface area contributed by atoms with Crippen molar-refractivity contribution in [2.45, 2.75) is 24.3 Å². The quantitative estimate of drug-likeness (QED) is 0.851. The molecule has 0 aliphatic carbocycles. The lowest BCUT2D eigenvalue weighted by Gasteiger charge is -2.31. The highest BCUT2D eigenvalue weighted by Gasteiger charge is 2.37. The van der Waals surface area contributed by atoms with Gasteiger partial charge in [0.05, 0.1) is 17.6 Å². The van der Waals surface area contributed by atoms with Crippen molar-refractivity contribution in [1.29, 1.82) is 0 Å². The molecule has 1 aromatic rings. The Morgan fingerprint density at radius 1 is 1.18 bits per heavy atom. The maximum absolute atomic E-state index is 12.0. The molecule has 2 rings (SSSR count). The Labute approximate surface area is 133 Å². The number of anilines is 1. The van der Waals surface area contributed by atoms with E-state index in [4.69, 9.17) is 4.74 Å². The lowest BCUT2D eigenvalue weighted by Crippen LogP contribution is -2.52. The number of carbonyl (C=O) groups is 3. The van der Waals surface area contributed by atoms with Gasteiger partial charge in [0.25, 0.3) is 0 Å². The van der Waals surface area contributed by atoms with Crippen LogP contribution in [-0.2, 0) is 14.4 Å². The van der Waals surface area contributed by atoms with E-state index in [1.165, 1.54) is 11.8 Å². The third-order valence-corrected chi connectivity index (χ3v) is 4.53. The first-order chi connectivity index (χ1) is 10.4. The van der Waals surface area contributed by atoms with Gasteiger partial charge in [-0.15, -0.1) is 11.8 Å². The van der Waals surface area contributed by atoms with E-state index in [0.29, 0.717) is 11.4 Å². The molecule has 1 aliphatic heterocycles. The van der Waals surface area contributed by atoms with Gasteiger partial charge in [-0.25, -0.2) is 0 Å². The number of hydrogen-bond acceptors (Lipinski definition) is 5. The predicted octanol–water partition coefficient (Wildman–Crippen LogP) is 1.51. The molecule has 22 heavy (non-hydrogen) atoms. The van der Waals surface area contributed by atoms with Crippen LogP contribution in [0, 0.1) is 0 Å². The number of ether oxygens (including phenoxy) is 1. The number of amides is 3. The Hall–Kier alpha value is -2.02. The number of rotatable bonds is 4. The number of carbonyl (C=O) groups excluding carboxylic acids is 3. The first-order valence-corrected chi connectivity index (χ1v) is 7.81. The molecule has 1 N–H and O–H groups in total. The average Bonchev–Trinajstić information content (AvgIpc) is 2.50. The molecule has 1 aliphatic rings. The number of imide groups is 1. The van der Waals surface area contributed by atoms with Crippen molar-refractivity contribution in [3.05, 3.63) is 24.3 Å². The summed E-state index contributed by atoms with van der Waals surface area (Å²) >= 11 is 1.31. The zero-order valence-corrected chi connectivity index (χ0v) is 13.5. The van der Waals surface area contributed by atoms with Crippen molar-refractivity contribution in [3.63, 3.8) is 0 Å². The van der Waals surface area contributed by atoms with Crippen molar-refractivity contribution in [2.75, 3.05) is 19.0 Å². The van der Waals surface area contributed by atoms with Crippen LogP contribution >= 0.6 is 11.8 Å². The summed E-state index contributed by atoms with van der Waals surface area (Å²) in [6, 6.07) is 6.82. The minimum absolute atomic E-state index is 0.265. The maximum atomic E-state index is 12.0. The van der Waals surface area contributed by atoms with Gasteiger partial charge in [-0.3, -0.25) is 19.3 Å². The first-order valence-electron chi connectivity index (χ1n) is 6.87. The van der Waals surface area contributed by atoms with Crippen LogP contribution in [0.5, 0.6) is 5.75 Å². The molecule has 3 amide bonds. The van der Waals surface area contributed by atoms with E-state index in [1.807, 2.05) is 0 Å². The van der Waals surface area contributed by atoms with Crippen LogP contribution in [0.3, 0.4) is 0 Å². The van der Waals surface area contributed by atoms with Gasteiger partial charge in [0.2, 0.25) is 17.7 Å². The molecule has 0 aromatic heterocycles. The number of nitrogens with one attached hydrogen (secondary N) is 1. The van der Waals surface area contributed by atoms with E-state index in [9.17, 15) is 14.4 Å². The van der Waals surface area contributed by atoms with E-state index >= 15 is 0 Å². The summed E-state index contributed by atoms with van der Waals surface area (Å²) in [7, 11) is 1.56. The molecule has 1 fully saturated rings. The number of benzene rings is 1. The summed E-state index contributed by atoms with van der Waals surface area (Å²) < 4.78 is 5.03. The zero-order valence-electron chi connectivity index (χ0n) is 12.7. The molecule has 1 saturated heterocycles. The van der Waals surface area contributed by atoms with Crippen LogP contribution in [0.25, 0.3) is 0 Å². The summed E-state index contributed by atoms with van der Waals surface area (Å²) in [5.74, 6) is -0.367. The van der Waals surface area contributed by atoms with Crippen LogP contribution < -0.4 is 10.1 Å². The molecular formula is C15H18N2O4S. The molecular weight excluding hydrogens is 304 g/mol. The third-order valence-electron chi connectivity index (χ3n) is 3.31. The zero-order chi connectivity index (χ0) is 16.3. The predicted molar refractivity (Wildman–Crippen MR) is 84.9 cm³/mol. The smallest absolute Gasteiger partial charge is 0.244 e. The summed E-state index contributed by atoms with van der Waals surface area (Å²) in [4.78, 5) is 37.2. The normalized spacial score (nSPS) is 21.7. The topological polar surface area (TPSA) is 75.7 Å². The minimum Gasteiger partial charge on any atom is -0.497 e. The Morgan fingerprint density at radius 3 is 2.23 bits per heavy atom. The van der Waals surface area contributed by atoms with E-state index in [0.717, 1.165) is 4.90 Å². The highest BCUT2D eigenvalue weighted by molar-refractivity contribution is 8.02. The van der Waals surface area contributed by atoms with Crippen molar-refractivity contribution >= 4 is 35.2 Å². The standard InChI is InChI=1S/C15H18N2O4S/c1-9-14(19)17(15(20)10(2)22-9)8-13(18)16-11-4-6-12(21-3)7-5-11/h4-7,9-10H,8H2,1-3H3,(H,16,18)/t9-,10-/m0/s1. The average molecular weight is 322 g/mol. The summed E-state index contributed by atoms with van der Waals surface area (Å²) in [6.45, 7) is 3.22. The molecule has 1 heterocycles. The number of methoxy groups -OCH3 is 1. The van der Waals surface area contributed by atoms with E-state index < -0.39 is 5.91 Å². The van der Waals surface area contributed by atoms with Gasteiger partial charge in [-0.05, 0) is 38.1 Å². The van der Waals surface area contributed by atoms with Gasteiger partial charge in [-0.1, -0.05) is 0 Å². The summed E-state index contributed by atoms with van der Waals surface area (Å²) in [5, 5.41) is 2.03. The van der Waals surface area contributed by atoms with Crippen molar-refractivity contribution in [2.24, 2.45) is 0 Å². The van der Waals surface area contributed by atoms with E-state index in [-0.39, 0.29) is 28.9 Å². The van der Waals surface area contributed by atoms with Crippen LogP contribution in [0.1, 0.15) is 13.8 Å². The lowest BCUT2D eigenvalue weighted by atomic mass is 10.2. The van der Waals surface area contributed by atoms with Gasteiger partial charge in [0.15, 0.2) is 0 Å². The van der Waals surface area contributed by atoms with Gasteiger partial charge >= 0.3 is 0 Å². The fraction of sp³-hybridized carbons (Fsp3) is 0.400. The molecule has 0 spiro atoms. The minimum atomic E-state index is -0.404. The third kappa shape index (κ3) is 3.59. The molecule has 1 aromatic carbocycles. The highest BCUT2D eigenvalue weighted by Crippen LogP contribution is 2.26. The molecule has 118 valence electrons. The van der Waals surface area contributed by atoms with E-state index in [2.05, 4.69) is 5.32 Å². The van der Waals surface area contributed by atoms with E-state index in [1.54, 1.807) is 45.2 Å². The lowest BCUT2D eigenvalue weighted by molar-refractivity contribution is -0.147. The second kappa shape index (κ2) is 6.83. The van der Waals surface area contributed by atoms with Crippen LogP contribution in [0.4, 0.5) is 5.69 Å². The Kier molecular flexibility index (Phi) is 5.07. The van der Waals surface area contributed by atoms with Crippen LogP contribution in [0.15, 0.2) is 24.3 Å². The number of nitrogens with zero attached hydrogens (tertiary/aromatic N) is 1. The molecule has 6 nitrogen and oxygen atoms in total. The van der Waals surface area contributed by atoms with Crippen molar-refractivity contribution in [3.8, 4) is 5.75 Å². The largest absolute Gasteiger partial charge is 0.497 e. The van der Waals surface area contributed by atoms with Gasteiger partial charge < -0.3 is 10.1 Å². The summed E-state index contributed by atoms with van der Waals surface area (Å²) in [6.07, 6.45) is 0. The molecule has 7 heteroatoms. The molecule has 0 bridgehead atoms. The fourth-order valence-corrected chi connectivity index (χ4v) is 3.24. The second-order valence-corrected chi connectivity index (χ2v) is 6.65. The van der Waals surface area contributed by atoms with Crippen LogP contribution in [-0.4, -0.2) is 46.8 Å². The molecule has 0 saturated carbocycles. The fourth-order valence-electron chi connectivity index (χ4n) is 2.14. The van der Waals surface area contributed by atoms with Crippen molar-refractivity contribution in [1.82, 2.24) is 4.90 Å². The first kappa shape index (κ1) is 16.4. The molecule has 2 atom stereocenters. The Morgan fingerprint density at radius 2 is 1.73 bits per heavy atom. The second-order valence-electron chi connectivity index (χ2n) is 4.96. The van der Waals surface area contributed by atoms with Crippen LogP contribution in [0.2, 0.25) is 0 Å². The van der Waals surface area contributed by atoms with Crippen molar-refractivity contribution < 1.29 is 19.1 Å². The molecule has 0 radical (unpaired) electrons. The SMILES string of the molecule is COc1ccc(NC(=O)CN2C(=O)[C@H](C)S[C@@H](C)C2=O)cc1. The number of hydrogen-bond donors (Lipinski definition) is 1. The Balaban J connectivity index is 2.00. The van der Waals surface area contributed by atoms with Gasteiger partial charge in [0, 0.05) is 5.69 Å². The Bertz CT molecular complexity index is 568. The molecule has 0 unspecified atom stereocenters.